The number of amides is 1. The molecule has 6 heteroatoms. The van der Waals surface area contributed by atoms with Crippen LogP contribution in [0.4, 0.5) is 0 Å². The number of carbonyl (C=O) groups is 2. The van der Waals surface area contributed by atoms with Crippen LogP contribution in [0.25, 0.3) is 0 Å². The van der Waals surface area contributed by atoms with Crippen molar-refractivity contribution in [3.8, 4) is 11.5 Å². The first-order chi connectivity index (χ1) is 10.4. The van der Waals surface area contributed by atoms with E-state index in [4.69, 9.17) is 0 Å². The minimum atomic E-state index is -0.836. The van der Waals surface area contributed by atoms with Crippen molar-refractivity contribution in [3.63, 3.8) is 0 Å². The van der Waals surface area contributed by atoms with Crippen LogP contribution < -0.4 is 0 Å². The molecule has 1 unspecified atom stereocenters. The quantitative estimate of drug-likeness (QED) is 0.774. The largest absolute Gasteiger partial charge is 0.508 e. The lowest BCUT2D eigenvalue weighted by atomic mass is 9.95. The number of aliphatic hydroxyl groups excluding tert-OH is 1. The van der Waals surface area contributed by atoms with Crippen LogP contribution in [0.2, 0.25) is 0 Å². The fourth-order valence-corrected chi connectivity index (χ4v) is 2.66. The Morgan fingerprint density at radius 3 is 2.50 bits per heavy atom. The first-order valence-corrected chi connectivity index (χ1v) is 7.15. The van der Waals surface area contributed by atoms with Crippen molar-refractivity contribution in [2.75, 3.05) is 6.54 Å². The molecule has 0 bridgehead atoms. The van der Waals surface area contributed by atoms with E-state index in [1.54, 1.807) is 0 Å². The van der Waals surface area contributed by atoms with Crippen LogP contribution >= 0.6 is 0 Å². The van der Waals surface area contributed by atoms with Crippen LogP contribution in [0.5, 0.6) is 11.5 Å². The van der Waals surface area contributed by atoms with E-state index >= 15 is 0 Å². The smallest absolute Gasteiger partial charge is 0.290 e. The van der Waals surface area contributed by atoms with Gasteiger partial charge in [-0.25, -0.2) is 0 Å². The summed E-state index contributed by atoms with van der Waals surface area (Å²) in [5.74, 6) is -1.96. The highest BCUT2D eigenvalue weighted by Crippen LogP contribution is 2.41. The van der Waals surface area contributed by atoms with Crippen LogP contribution in [-0.2, 0) is 9.59 Å². The summed E-state index contributed by atoms with van der Waals surface area (Å²) in [6.07, 6.45) is 1.55. The number of benzene rings is 1. The molecule has 1 heterocycles. The molecule has 3 N–H and O–H groups in total. The zero-order valence-corrected chi connectivity index (χ0v) is 12.5. The summed E-state index contributed by atoms with van der Waals surface area (Å²) in [7, 11) is 0. The Kier molecular flexibility index (Phi) is 4.40. The molecule has 1 aliphatic heterocycles. The van der Waals surface area contributed by atoms with Crippen molar-refractivity contribution in [2.24, 2.45) is 0 Å². The van der Waals surface area contributed by atoms with Gasteiger partial charge in [-0.3, -0.25) is 9.59 Å². The summed E-state index contributed by atoms with van der Waals surface area (Å²) in [5, 5.41) is 29.5. The van der Waals surface area contributed by atoms with Crippen molar-refractivity contribution in [1.29, 1.82) is 0 Å². The SMILES string of the molecule is CCCCN1C(=O)C(O)=C(C(C)=O)C1c1ccc(O)cc1O. The molecular formula is C16H19NO5. The highest BCUT2D eigenvalue weighted by molar-refractivity contribution is 6.08. The first-order valence-electron chi connectivity index (χ1n) is 7.15. The van der Waals surface area contributed by atoms with E-state index in [-0.39, 0.29) is 17.1 Å². The van der Waals surface area contributed by atoms with Crippen LogP contribution in [-0.4, -0.2) is 38.5 Å². The molecule has 22 heavy (non-hydrogen) atoms. The number of phenolic OH excluding ortho intramolecular Hbond substituents is 2. The molecule has 1 amide bonds. The molecule has 6 nitrogen and oxygen atoms in total. The van der Waals surface area contributed by atoms with Crippen LogP contribution in [0, 0.1) is 0 Å². The molecule has 0 fully saturated rings. The van der Waals surface area contributed by atoms with Crippen molar-refractivity contribution in [2.45, 2.75) is 32.7 Å². The monoisotopic (exact) mass is 305 g/mol. The molecule has 2 rings (SSSR count). The van der Waals surface area contributed by atoms with Gasteiger partial charge in [-0.1, -0.05) is 13.3 Å². The van der Waals surface area contributed by atoms with E-state index < -0.39 is 23.5 Å². The zero-order chi connectivity index (χ0) is 16.4. The fourth-order valence-electron chi connectivity index (χ4n) is 2.66. The minimum Gasteiger partial charge on any atom is -0.508 e. The maximum atomic E-state index is 12.2. The van der Waals surface area contributed by atoms with Crippen molar-refractivity contribution >= 4 is 11.7 Å². The van der Waals surface area contributed by atoms with Gasteiger partial charge in [0.1, 0.15) is 11.5 Å². The van der Waals surface area contributed by atoms with Gasteiger partial charge in [-0.2, -0.15) is 0 Å². The van der Waals surface area contributed by atoms with E-state index in [9.17, 15) is 24.9 Å². The van der Waals surface area contributed by atoms with Crippen LogP contribution in [0.3, 0.4) is 0 Å². The molecule has 1 aromatic rings. The van der Waals surface area contributed by atoms with Crippen LogP contribution in [0.15, 0.2) is 29.5 Å². The van der Waals surface area contributed by atoms with Gasteiger partial charge in [0.2, 0.25) is 0 Å². The Morgan fingerprint density at radius 2 is 1.95 bits per heavy atom. The number of unbranched alkanes of at least 4 members (excludes halogenated alkanes) is 1. The van der Waals surface area contributed by atoms with Gasteiger partial charge < -0.3 is 20.2 Å². The van der Waals surface area contributed by atoms with Crippen molar-refractivity contribution < 1.29 is 24.9 Å². The highest BCUT2D eigenvalue weighted by Gasteiger charge is 2.42. The van der Waals surface area contributed by atoms with E-state index in [0.29, 0.717) is 18.5 Å². The summed E-state index contributed by atoms with van der Waals surface area (Å²) in [6, 6.07) is 3.12. The average molecular weight is 305 g/mol. The molecule has 0 aromatic heterocycles. The summed E-state index contributed by atoms with van der Waals surface area (Å²) in [5.41, 5.74) is 0.276. The average Bonchev–Trinajstić information content (AvgIpc) is 2.69. The number of aliphatic hydroxyl groups is 1. The van der Waals surface area contributed by atoms with Crippen molar-refractivity contribution in [1.82, 2.24) is 4.90 Å². The van der Waals surface area contributed by atoms with Gasteiger partial charge in [-0.15, -0.1) is 0 Å². The molecular weight excluding hydrogens is 286 g/mol. The second-order valence-corrected chi connectivity index (χ2v) is 5.32. The number of nitrogens with zero attached hydrogens (tertiary/aromatic N) is 1. The number of carbonyl (C=O) groups excluding carboxylic acids is 2. The third kappa shape index (κ3) is 2.64. The summed E-state index contributed by atoms with van der Waals surface area (Å²) in [6.45, 7) is 3.60. The molecule has 0 radical (unpaired) electrons. The Labute approximate surface area is 128 Å². The molecule has 1 aliphatic rings. The second kappa shape index (κ2) is 6.09. The predicted molar refractivity (Wildman–Crippen MR) is 79.5 cm³/mol. The molecule has 0 saturated heterocycles. The topological polar surface area (TPSA) is 98.1 Å². The third-order valence-corrected chi connectivity index (χ3v) is 3.74. The van der Waals surface area contributed by atoms with Crippen molar-refractivity contribution in [3.05, 3.63) is 35.1 Å². The Hall–Kier alpha value is -2.50. The number of phenols is 2. The lowest BCUT2D eigenvalue weighted by molar-refractivity contribution is -0.129. The van der Waals surface area contributed by atoms with Gasteiger partial charge in [0, 0.05) is 18.2 Å². The number of ketones is 1. The second-order valence-electron chi connectivity index (χ2n) is 5.32. The Balaban J connectivity index is 2.54. The Morgan fingerprint density at radius 1 is 1.27 bits per heavy atom. The number of Topliss-reactive ketones (excluding diaryl/α,β-unsaturated/α-hetero) is 1. The normalized spacial score (nSPS) is 18.2. The fraction of sp³-hybridized carbons (Fsp3) is 0.375. The highest BCUT2D eigenvalue weighted by atomic mass is 16.3. The number of aromatic hydroxyl groups is 2. The van der Waals surface area contributed by atoms with Crippen LogP contribution in [0.1, 0.15) is 38.3 Å². The van der Waals surface area contributed by atoms with E-state index in [2.05, 4.69) is 0 Å². The summed E-state index contributed by atoms with van der Waals surface area (Å²) < 4.78 is 0. The van der Waals surface area contributed by atoms with E-state index in [1.165, 1.54) is 24.0 Å². The number of hydrogen-bond acceptors (Lipinski definition) is 5. The molecule has 0 spiro atoms. The molecule has 118 valence electrons. The molecule has 1 atom stereocenters. The molecule has 0 saturated carbocycles. The van der Waals surface area contributed by atoms with Gasteiger partial charge in [-0.05, 0) is 25.5 Å². The van der Waals surface area contributed by atoms with Gasteiger partial charge >= 0.3 is 0 Å². The molecule has 1 aromatic carbocycles. The number of rotatable bonds is 5. The predicted octanol–water partition coefficient (Wildman–Crippen LogP) is 2.18. The van der Waals surface area contributed by atoms with E-state index in [0.717, 1.165) is 12.5 Å². The maximum Gasteiger partial charge on any atom is 0.290 e. The Bertz CT molecular complexity index is 650. The third-order valence-electron chi connectivity index (χ3n) is 3.74. The first kappa shape index (κ1) is 15.9. The van der Waals surface area contributed by atoms with Gasteiger partial charge in [0.25, 0.3) is 5.91 Å². The molecule has 0 aliphatic carbocycles. The van der Waals surface area contributed by atoms with E-state index in [1.807, 2.05) is 6.92 Å². The van der Waals surface area contributed by atoms with Gasteiger partial charge in [0.05, 0.1) is 11.6 Å². The maximum absolute atomic E-state index is 12.2. The van der Waals surface area contributed by atoms with Gasteiger partial charge in [0.15, 0.2) is 11.5 Å². The lowest BCUT2D eigenvalue weighted by Crippen LogP contribution is -2.32. The minimum absolute atomic E-state index is 0.0258. The summed E-state index contributed by atoms with van der Waals surface area (Å²) >= 11 is 0. The zero-order valence-electron chi connectivity index (χ0n) is 12.5. The lowest BCUT2D eigenvalue weighted by Gasteiger charge is -2.27. The summed E-state index contributed by atoms with van der Waals surface area (Å²) in [4.78, 5) is 25.5. The number of hydrogen-bond donors (Lipinski definition) is 3. The standard InChI is InChI=1S/C16H19NO5/c1-3-4-7-17-14(11-6-5-10(19)8-12(11)20)13(9(2)18)15(21)16(17)22/h5-6,8,14,19-21H,3-4,7H2,1-2H3.